The fourth-order valence-electron chi connectivity index (χ4n) is 3.65. The standard InChI is InChI=1S/C17H23N3O2/c1-18(2)10-11-7-13-14-9-12(19(3)17(21)22)5-6-15(14)20(4)16(13)8-11/h5-6,9,11H,7-8,10H2,1-4H3,(H,21,22). The number of anilines is 1. The van der Waals surface area contributed by atoms with E-state index in [2.05, 4.69) is 30.6 Å². The molecule has 3 rings (SSSR count). The number of benzene rings is 1. The highest BCUT2D eigenvalue weighted by Gasteiger charge is 2.28. The number of carboxylic acid groups (broad SMARTS) is 1. The average molecular weight is 301 g/mol. The maximum atomic E-state index is 11.2. The summed E-state index contributed by atoms with van der Waals surface area (Å²) in [7, 11) is 7.92. The maximum Gasteiger partial charge on any atom is 0.411 e. The number of nitrogens with zero attached hydrogens (tertiary/aromatic N) is 3. The Bertz CT molecular complexity index is 733. The number of aryl methyl sites for hydroxylation is 1. The van der Waals surface area contributed by atoms with Crippen molar-refractivity contribution in [2.75, 3.05) is 32.6 Å². The second-order valence-electron chi connectivity index (χ2n) is 6.56. The zero-order valence-corrected chi connectivity index (χ0v) is 13.6. The first-order valence-corrected chi connectivity index (χ1v) is 7.60. The van der Waals surface area contributed by atoms with Gasteiger partial charge in [0.2, 0.25) is 0 Å². The molecule has 5 heteroatoms. The maximum absolute atomic E-state index is 11.2. The second kappa shape index (κ2) is 5.32. The van der Waals surface area contributed by atoms with Crippen molar-refractivity contribution in [3.8, 4) is 0 Å². The molecule has 2 aromatic rings. The number of hydrogen-bond acceptors (Lipinski definition) is 2. The van der Waals surface area contributed by atoms with Gasteiger partial charge in [-0.15, -0.1) is 0 Å². The van der Waals surface area contributed by atoms with Crippen molar-refractivity contribution in [2.24, 2.45) is 13.0 Å². The Morgan fingerprint density at radius 1 is 1.32 bits per heavy atom. The first-order chi connectivity index (χ1) is 10.4. The van der Waals surface area contributed by atoms with Crippen LogP contribution in [0.5, 0.6) is 0 Å². The third kappa shape index (κ3) is 2.35. The van der Waals surface area contributed by atoms with E-state index in [4.69, 9.17) is 5.11 Å². The Balaban J connectivity index is 2.02. The lowest BCUT2D eigenvalue weighted by molar-refractivity contribution is 0.203. The number of rotatable bonds is 3. The van der Waals surface area contributed by atoms with Gasteiger partial charge >= 0.3 is 6.09 Å². The highest BCUT2D eigenvalue weighted by atomic mass is 16.4. The number of carbonyl (C=O) groups is 1. The highest BCUT2D eigenvalue weighted by Crippen LogP contribution is 2.36. The van der Waals surface area contributed by atoms with E-state index in [1.165, 1.54) is 27.1 Å². The molecular formula is C17H23N3O2. The molecule has 1 aliphatic carbocycles. The summed E-state index contributed by atoms with van der Waals surface area (Å²) in [5.74, 6) is 0.649. The zero-order chi connectivity index (χ0) is 16.0. The Kier molecular flexibility index (Phi) is 3.60. The molecule has 1 amide bonds. The Hall–Kier alpha value is -2.01. The van der Waals surface area contributed by atoms with Gasteiger partial charge in [-0.05, 0) is 56.6 Å². The van der Waals surface area contributed by atoms with E-state index in [0.717, 1.165) is 25.1 Å². The fraction of sp³-hybridized carbons (Fsp3) is 0.471. The molecule has 1 heterocycles. The van der Waals surface area contributed by atoms with Gasteiger partial charge in [0.25, 0.3) is 0 Å². The van der Waals surface area contributed by atoms with Crippen molar-refractivity contribution in [1.29, 1.82) is 0 Å². The number of hydrogen-bond donors (Lipinski definition) is 1. The molecular weight excluding hydrogens is 278 g/mol. The van der Waals surface area contributed by atoms with E-state index in [1.807, 2.05) is 18.2 Å². The smallest absolute Gasteiger partial charge is 0.411 e. The van der Waals surface area contributed by atoms with Gasteiger partial charge in [0.15, 0.2) is 0 Å². The first kappa shape index (κ1) is 14.9. The van der Waals surface area contributed by atoms with Gasteiger partial charge in [0.1, 0.15) is 0 Å². The van der Waals surface area contributed by atoms with E-state index in [0.29, 0.717) is 5.92 Å². The molecule has 22 heavy (non-hydrogen) atoms. The summed E-state index contributed by atoms with van der Waals surface area (Å²) in [6, 6.07) is 5.92. The van der Waals surface area contributed by atoms with Crippen molar-refractivity contribution < 1.29 is 9.90 Å². The van der Waals surface area contributed by atoms with Crippen molar-refractivity contribution in [2.45, 2.75) is 12.8 Å². The summed E-state index contributed by atoms with van der Waals surface area (Å²) in [6.45, 7) is 1.09. The Morgan fingerprint density at radius 2 is 2.05 bits per heavy atom. The topological polar surface area (TPSA) is 48.7 Å². The van der Waals surface area contributed by atoms with E-state index in [9.17, 15) is 4.79 Å². The lowest BCUT2D eigenvalue weighted by Gasteiger charge is -2.17. The highest BCUT2D eigenvalue weighted by molar-refractivity contribution is 5.93. The quantitative estimate of drug-likeness (QED) is 0.948. The SMILES string of the molecule is CN(C)CC1Cc2c(n(C)c3ccc(N(C)C(=O)O)cc23)C1. The molecule has 118 valence electrons. The molecule has 0 spiro atoms. The van der Waals surface area contributed by atoms with Crippen LogP contribution in [0.25, 0.3) is 10.9 Å². The van der Waals surface area contributed by atoms with Crippen molar-refractivity contribution in [1.82, 2.24) is 9.47 Å². The molecule has 1 unspecified atom stereocenters. The van der Waals surface area contributed by atoms with Crippen LogP contribution in [0.1, 0.15) is 11.3 Å². The number of aromatic nitrogens is 1. The third-order valence-electron chi connectivity index (χ3n) is 4.69. The Morgan fingerprint density at radius 3 is 2.68 bits per heavy atom. The molecule has 0 fully saturated rings. The molecule has 5 nitrogen and oxygen atoms in total. The molecule has 1 aromatic heterocycles. The van der Waals surface area contributed by atoms with Gasteiger partial charge in [0.05, 0.1) is 0 Å². The normalized spacial score (nSPS) is 17.2. The monoisotopic (exact) mass is 301 g/mol. The summed E-state index contributed by atoms with van der Waals surface area (Å²) in [5, 5.41) is 10.4. The largest absolute Gasteiger partial charge is 0.465 e. The van der Waals surface area contributed by atoms with Crippen LogP contribution in [-0.4, -0.2) is 48.4 Å². The molecule has 0 saturated carbocycles. The van der Waals surface area contributed by atoms with E-state index in [-0.39, 0.29) is 0 Å². The van der Waals surface area contributed by atoms with Crippen LogP contribution in [0.3, 0.4) is 0 Å². The molecule has 0 saturated heterocycles. The fourth-order valence-corrected chi connectivity index (χ4v) is 3.65. The Labute approximate surface area is 130 Å². The third-order valence-corrected chi connectivity index (χ3v) is 4.69. The van der Waals surface area contributed by atoms with Crippen LogP contribution in [0, 0.1) is 5.92 Å². The lowest BCUT2D eigenvalue weighted by atomic mass is 10.0. The van der Waals surface area contributed by atoms with Crippen molar-refractivity contribution in [3.63, 3.8) is 0 Å². The van der Waals surface area contributed by atoms with Crippen LogP contribution in [0.2, 0.25) is 0 Å². The predicted molar refractivity (Wildman–Crippen MR) is 88.8 cm³/mol. The van der Waals surface area contributed by atoms with Gasteiger partial charge in [-0.1, -0.05) is 0 Å². The minimum Gasteiger partial charge on any atom is -0.465 e. The molecule has 0 bridgehead atoms. The lowest BCUT2D eigenvalue weighted by Crippen LogP contribution is -2.23. The number of fused-ring (bicyclic) bond motifs is 3. The molecule has 0 aliphatic heterocycles. The summed E-state index contributed by atoms with van der Waals surface area (Å²) in [5.41, 5.74) is 4.71. The average Bonchev–Trinajstić information content (AvgIpc) is 2.97. The van der Waals surface area contributed by atoms with Crippen LogP contribution >= 0.6 is 0 Å². The molecule has 1 N–H and O–H groups in total. The van der Waals surface area contributed by atoms with Crippen LogP contribution in [-0.2, 0) is 19.9 Å². The minimum absolute atomic E-state index is 0.649. The van der Waals surface area contributed by atoms with Crippen molar-refractivity contribution in [3.05, 3.63) is 29.5 Å². The summed E-state index contributed by atoms with van der Waals surface area (Å²) in [4.78, 5) is 14.7. The molecule has 1 atom stereocenters. The molecule has 0 radical (unpaired) electrons. The van der Waals surface area contributed by atoms with Crippen LogP contribution in [0.15, 0.2) is 18.2 Å². The first-order valence-electron chi connectivity index (χ1n) is 7.60. The van der Waals surface area contributed by atoms with Gasteiger partial charge in [-0.25, -0.2) is 4.79 Å². The number of amides is 1. The predicted octanol–water partition coefficient (Wildman–Crippen LogP) is 2.57. The summed E-state index contributed by atoms with van der Waals surface area (Å²) in [6.07, 6.45) is 1.24. The zero-order valence-electron chi connectivity index (χ0n) is 13.6. The summed E-state index contributed by atoms with van der Waals surface area (Å²) < 4.78 is 2.27. The van der Waals surface area contributed by atoms with Crippen molar-refractivity contribution >= 4 is 22.7 Å². The second-order valence-corrected chi connectivity index (χ2v) is 6.56. The minimum atomic E-state index is -0.933. The molecule has 1 aliphatic rings. The summed E-state index contributed by atoms with van der Waals surface area (Å²) >= 11 is 0. The van der Waals surface area contributed by atoms with E-state index >= 15 is 0 Å². The molecule has 1 aromatic carbocycles. The van der Waals surface area contributed by atoms with Crippen LogP contribution < -0.4 is 4.90 Å². The van der Waals surface area contributed by atoms with E-state index < -0.39 is 6.09 Å². The van der Waals surface area contributed by atoms with Crippen LogP contribution in [0.4, 0.5) is 10.5 Å². The van der Waals surface area contributed by atoms with Gasteiger partial charge in [-0.2, -0.15) is 0 Å². The van der Waals surface area contributed by atoms with Gasteiger partial charge in [0, 0.05) is 42.9 Å². The van der Waals surface area contributed by atoms with E-state index in [1.54, 1.807) is 7.05 Å². The van der Waals surface area contributed by atoms with Gasteiger partial charge < -0.3 is 14.6 Å². The van der Waals surface area contributed by atoms with Gasteiger partial charge in [-0.3, -0.25) is 4.90 Å².